The van der Waals surface area contributed by atoms with Crippen molar-refractivity contribution in [3.05, 3.63) is 108 Å². The van der Waals surface area contributed by atoms with Crippen LogP contribution in [0.25, 0.3) is 0 Å². The summed E-state index contributed by atoms with van der Waals surface area (Å²) in [6.45, 7) is 6.30. The summed E-state index contributed by atoms with van der Waals surface area (Å²) in [5.41, 5.74) is 13.9. The Labute approximate surface area is 231 Å². The number of nitrogens with two attached hydrogens (primary N) is 2. The average Bonchev–Trinajstić information content (AvgIpc) is 2.96. The fourth-order valence-electron chi connectivity index (χ4n) is 4.37. The van der Waals surface area contributed by atoms with Crippen LogP contribution in [0, 0.1) is 0 Å². The van der Waals surface area contributed by atoms with Crippen LogP contribution in [-0.2, 0) is 10.1 Å². The van der Waals surface area contributed by atoms with Gasteiger partial charge in [-0.15, -0.1) is 0 Å². The Morgan fingerprint density at radius 2 is 1.00 bits per heavy atom. The van der Waals surface area contributed by atoms with Gasteiger partial charge in [0.2, 0.25) is 0 Å². The van der Waals surface area contributed by atoms with Crippen molar-refractivity contribution in [1.29, 1.82) is 0 Å². The van der Waals surface area contributed by atoms with Gasteiger partial charge in [-0.25, -0.2) is 0 Å². The Balaban J connectivity index is 0.000000616. The molecule has 0 amide bonds. The molecule has 5 nitrogen and oxygen atoms in total. The van der Waals surface area contributed by atoms with Crippen molar-refractivity contribution in [1.82, 2.24) is 0 Å². The second kappa shape index (κ2) is 21.5. The summed E-state index contributed by atoms with van der Waals surface area (Å²) in [5.74, 6) is 0. The zero-order chi connectivity index (χ0) is 27.9. The number of hydrogen-bond acceptors (Lipinski definition) is 5. The maximum atomic E-state index is 8.82. The van der Waals surface area contributed by atoms with Crippen molar-refractivity contribution in [3.8, 4) is 0 Å². The molecule has 0 saturated heterocycles. The molecule has 38 heavy (non-hydrogen) atoms. The third-order valence-electron chi connectivity index (χ3n) is 6.38. The molecule has 0 aliphatic rings. The first-order valence-corrected chi connectivity index (χ1v) is 14.1. The predicted octanol–water partition coefficient (Wildman–Crippen LogP) is 6.06. The topological polar surface area (TPSA) is 102 Å². The Kier molecular flexibility index (Phi) is 18.9. The highest BCUT2D eigenvalue weighted by Crippen LogP contribution is 2.43. The Morgan fingerprint density at radius 1 is 0.605 bits per heavy atom. The van der Waals surface area contributed by atoms with E-state index >= 15 is 0 Å². The lowest BCUT2D eigenvalue weighted by atomic mass is 9.66. The zero-order valence-corrected chi connectivity index (χ0v) is 23.5. The molecule has 0 saturated carbocycles. The van der Waals surface area contributed by atoms with E-state index in [4.69, 9.17) is 26.2 Å². The molecule has 6 N–H and O–H groups in total. The molecule has 0 aliphatic heterocycles. The summed E-state index contributed by atoms with van der Waals surface area (Å²) >= 11 is 0. The van der Waals surface area contributed by atoms with Crippen LogP contribution >= 0.6 is 0 Å². The average molecular weight is 521 g/mol. The van der Waals surface area contributed by atoms with E-state index in [9.17, 15) is 0 Å². The van der Waals surface area contributed by atoms with Gasteiger partial charge in [-0.2, -0.15) is 0 Å². The third kappa shape index (κ3) is 12.4. The van der Waals surface area contributed by atoms with Gasteiger partial charge in [0, 0.05) is 12.0 Å². The van der Waals surface area contributed by atoms with Crippen LogP contribution < -0.4 is 11.5 Å². The Morgan fingerprint density at radius 3 is 1.29 bits per heavy atom. The van der Waals surface area contributed by atoms with E-state index in [2.05, 4.69) is 105 Å². The molecule has 6 heteroatoms. The highest BCUT2D eigenvalue weighted by molar-refractivity contribution is 6.32. The molecule has 0 heterocycles. The van der Waals surface area contributed by atoms with Gasteiger partial charge in [0.1, 0.15) is 0 Å². The van der Waals surface area contributed by atoms with E-state index in [0.717, 1.165) is 38.8 Å². The number of benzene rings is 3. The minimum Gasteiger partial charge on any atom is -0.402 e. The smallest absolute Gasteiger partial charge is 0.402 e. The van der Waals surface area contributed by atoms with E-state index < -0.39 is 7.32 Å². The molecule has 3 rings (SSSR count). The maximum Gasteiger partial charge on any atom is 0.633 e. The Hall–Kier alpha value is -2.48. The predicted molar refractivity (Wildman–Crippen MR) is 162 cm³/mol. The quantitative estimate of drug-likeness (QED) is 0.118. The van der Waals surface area contributed by atoms with Gasteiger partial charge < -0.3 is 26.2 Å². The van der Waals surface area contributed by atoms with Gasteiger partial charge in [-0.05, 0) is 55.5 Å². The van der Waals surface area contributed by atoms with Gasteiger partial charge >= 0.3 is 7.32 Å². The minimum absolute atomic E-state index is 0.221. The highest BCUT2D eigenvalue weighted by Gasteiger charge is 2.35. The van der Waals surface area contributed by atoms with Gasteiger partial charge in [-0.1, -0.05) is 131 Å². The van der Waals surface area contributed by atoms with Crippen LogP contribution in [0.5, 0.6) is 0 Å². The molecule has 0 aliphatic carbocycles. The molecule has 208 valence electrons. The summed E-state index contributed by atoms with van der Waals surface area (Å²) in [6, 6.07) is 32.1. The summed E-state index contributed by atoms with van der Waals surface area (Å²) in [6.07, 6.45) is 8.50. The van der Waals surface area contributed by atoms with Crippen LogP contribution in [0.2, 0.25) is 0 Å². The molecule has 3 aromatic rings. The normalized spacial score (nSPS) is 10.6. The van der Waals surface area contributed by atoms with Crippen molar-refractivity contribution in [2.24, 2.45) is 11.5 Å². The van der Waals surface area contributed by atoms with Crippen LogP contribution in [0.4, 0.5) is 0 Å². The first-order valence-electron chi connectivity index (χ1n) is 14.1. The first-order chi connectivity index (χ1) is 18.6. The number of unbranched alkanes of at least 4 members (excludes halogenated alkanes) is 4. The van der Waals surface area contributed by atoms with Crippen molar-refractivity contribution in [3.63, 3.8) is 0 Å². The standard InChI is InChI=1S/C24H27BO3.2C4H11N/c26-25(27)28-20-12-4-11-19-24(21-13-5-1-6-14-21,22-15-7-2-8-16-22)23-17-9-3-10-18-23;2*1-2-3-4-5/h1-3,5-10,13-18,26-27H,4,11-12,19-20H2;2*2-5H2,1H3. The first kappa shape index (κ1) is 33.6. The number of rotatable bonds is 14. The highest BCUT2D eigenvalue weighted by atomic mass is 16.6. The maximum absolute atomic E-state index is 8.82. The lowest BCUT2D eigenvalue weighted by molar-refractivity contribution is 0.181. The molecular weight excluding hydrogens is 471 g/mol. The van der Waals surface area contributed by atoms with Gasteiger partial charge in [0.25, 0.3) is 0 Å². The molecule has 0 atom stereocenters. The van der Waals surface area contributed by atoms with Crippen molar-refractivity contribution < 1.29 is 14.7 Å². The summed E-state index contributed by atoms with van der Waals surface area (Å²) in [5, 5.41) is 17.6. The molecule has 0 bridgehead atoms. The van der Waals surface area contributed by atoms with Crippen LogP contribution in [0.1, 0.15) is 81.9 Å². The van der Waals surface area contributed by atoms with Crippen LogP contribution in [0.15, 0.2) is 91.0 Å². The Bertz CT molecular complexity index is 805. The monoisotopic (exact) mass is 520 g/mol. The molecule has 3 aromatic carbocycles. The molecule has 0 radical (unpaired) electrons. The summed E-state index contributed by atoms with van der Waals surface area (Å²) in [7, 11) is -1.68. The van der Waals surface area contributed by atoms with Crippen molar-refractivity contribution in [2.75, 3.05) is 19.7 Å². The van der Waals surface area contributed by atoms with Crippen LogP contribution in [0.3, 0.4) is 0 Å². The summed E-state index contributed by atoms with van der Waals surface area (Å²) in [4.78, 5) is 0. The van der Waals surface area contributed by atoms with Crippen molar-refractivity contribution in [2.45, 2.75) is 70.6 Å². The molecule has 0 fully saturated rings. The summed E-state index contributed by atoms with van der Waals surface area (Å²) < 4.78 is 4.84. The van der Waals surface area contributed by atoms with E-state index in [1.165, 1.54) is 42.4 Å². The molecule has 0 spiro atoms. The lowest BCUT2D eigenvalue weighted by Crippen LogP contribution is -2.29. The van der Waals surface area contributed by atoms with Gasteiger partial charge in [-0.3, -0.25) is 0 Å². The lowest BCUT2D eigenvalue weighted by Gasteiger charge is -2.36. The van der Waals surface area contributed by atoms with Crippen LogP contribution in [-0.4, -0.2) is 37.1 Å². The third-order valence-corrected chi connectivity index (χ3v) is 6.38. The fraction of sp³-hybridized carbons (Fsp3) is 0.438. The largest absolute Gasteiger partial charge is 0.633 e. The van der Waals surface area contributed by atoms with Gasteiger partial charge in [0.15, 0.2) is 0 Å². The molecule has 0 aromatic heterocycles. The SMILES string of the molecule is CCCCN.CCCCN.OB(O)OCCCCCC(c1ccccc1)(c1ccccc1)c1ccccc1. The van der Waals surface area contributed by atoms with E-state index in [1.54, 1.807) is 0 Å². The second-order valence-electron chi connectivity index (χ2n) is 9.30. The minimum atomic E-state index is -1.68. The van der Waals surface area contributed by atoms with E-state index in [0.29, 0.717) is 6.61 Å². The molecule has 0 unspecified atom stereocenters. The second-order valence-corrected chi connectivity index (χ2v) is 9.30. The van der Waals surface area contributed by atoms with E-state index in [1.807, 2.05) is 0 Å². The zero-order valence-electron chi connectivity index (χ0n) is 23.5. The fourth-order valence-corrected chi connectivity index (χ4v) is 4.37. The van der Waals surface area contributed by atoms with Gasteiger partial charge in [0.05, 0.1) is 0 Å². The van der Waals surface area contributed by atoms with E-state index in [-0.39, 0.29) is 5.41 Å². The molecular formula is C32H49BN2O3. The van der Waals surface area contributed by atoms with Crippen molar-refractivity contribution >= 4 is 7.32 Å². The number of hydrogen-bond donors (Lipinski definition) is 4.